The van der Waals surface area contributed by atoms with Crippen molar-refractivity contribution in [3.8, 4) is 11.4 Å². The van der Waals surface area contributed by atoms with E-state index in [4.69, 9.17) is 4.74 Å². The molecule has 0 atom stereocenters. The number of aryl methyl sites for hydroxylation is 1. The summed E-state index contributed by atoms with van der Waals surface area (Å²) in [6.07, 6.45) is 6.16. The highest BCUT2D eigenvalue weighted by Gasteiger charge is 2.10. The lowest BCUT2D eigenvalue weighted by molar-refractivity contribution is -0.134. The van der Waals surface area contributed by atoms with E-state index in [2.05, 4.69) is 26.0 Å². The van der Waals surface area contributed by atoms with Gasteiger partial charge in [-0.15, -0.1) is 0 Å². The summed E-state index contributed by atoms with van der Waals surface area (Å²) in [6.45, 7) is 0. The molecule has 23 heavy (non-hydrogen) atoms. The lowest BCUT2D eigenvalue weighted by atomic mass is 10.2. The van der Waals surface area contributed by atoms with Gasteiger partial charge < -0.3 is 4.74 Å². The smallest absolute Gasteiger partial charge is 0.311 e. The Bertz CT molecular complexity index is 802. The van der Waals surface area contributed by atoms with Crippen LogP contribution >= 0.6 is 15.9 Å². The third-order valence-electron chi connectivity index (χ3n) is 3.22. The van der Waals surface area contributed by atoms with Gasteiger partial charge in [0.2, 0.25) is 0 Å². The molecule has 5 nitrogen and oxygen atoms in total. The quantitative estimate of drug-likeness (QED) is 0.508. The number of hydrogen-bond donors (Lipinski definition) is 0. The second kappa shape index (κ2) is 7.19. The Hall–Kier alpha value is -2.47. The molecule has 3 aromatic rings. The number of rotatable bonds is 5. The van der Waals surface area contributed by atoms with Crippen LogP contribution in [-0.2, 0) is 11.2 Å². The lowest BCUT2D eigenvalue weighted by Crippen LogP contribution is -2.09. The van der Waals surface area contributed by atoms with Gasteiger partial charge in [-0.3, -0.25) is 4.79 Å². The number of esters is 1. The predicted molar refractivity (Wildman–Crippen MR) is 89.5 cm³/mol. The molecule has 0 fully saturated rings. The maximum atomic E-state index is 11.9. The molecule has 3 rings (SSSR count). The van der Waals surface area contributed by atoms with E-state index in [-0.39, 0.29) is 12.4 Å². The molecule has 0 spiro atoms. The summed E-state index contributed by atoms with van der Waals surface area (Å²) in [5.41, 5.74) is 1.97. The van der Waals surface area contributed by atoms with Crippen LogP contribution in [0.5, 0.6) is 5.75 Å². The predicted octanol–water partition coefficient (Wildman–Crippen LogP) is 3.57. The molecular weight excluding hydrogens is 358 g/mol. The van der Waals surface area contributed by atoms with Crippen molar-refractivity contribution in [2.24, 2.45) is 0 Å². The van der Waals surface area contributed by atoms with Gasteiger partial charge in [-0.25, -0.2) is 9.67 Å². The van der Waals surface area contributed by atoms with Gasteiger partial charge in [0, 0.05) is 12.4 Å². The first-order valence-corrected chi connectivity index (χ1v) is 7.92. The Morgan fingerprint density at radius 2 is 2.00 bits per heavy atom. The van der Waals surface area contributed by atoms with E-state index in [1.807, 2.05) is 36.5 Å². The van der Waals surface area contributed by atoms with Crippen molar-refractivity contribution in [1.29, 1.82) is 0 Å². The maximum Gasteiger partial charge on any atom is 0.311 e. The molecule has 0 amide bonds. The fourth-order valence-electron chi connectivity index (χ4n) is 2.08. The van der Waals surface area contributed by atoms with Crippen LogP contribution in [0.15, 0.2) is 65.7 Å². The Balaban J connectivity index is 1.58. The molecule has 0 bridgehead atoms. The number of nitrogens with zero attached hydrogens (tertiary/aromatic N) is 3. The Labute approximate surface area is 142 Å². The fraction of sp³-hybridized carbons (Fsp3) is 0.118. The number of benzene rings is 1. The van der Waals surface area contributed by atoms with Gasteiger partial charge in [-0.2, -0.15) is 5.10 Å². The monoisotopic (exact) mass is 371 g/mol. The third kappa shape index (κ3) is 4.04. The topological polar surface area (TPSA) is 57.0 Å². The molecule has 116 valence electrons. The number of ether oxygens (including phenoxy) is 1. The zero-order chi connectivity index (χ0) is 16.1. The van der Waals surface area contributed by atoms with E-state index in [9.17, 15) is 4.79 Å². The standard InChI is InChI=1S/C17H14BrN3O2/c18-17-15(7-4-10-19-17)23-16(22)9-8-13-11-20-21(12-13)14-5-2-1-3-6-14/h1-7,10-12H,8-9H2. The average molecular weight is 372 g/mol. The normalized spacial score (nSPS) is 10.5. The number of pyridine rings is 1. The van der Waals surface area contributed by atoms with Crippen LogP contribution in [0.3, 0.4) is 0 Å². The summed E-state index contributed by atoms with van der Waals surface area (Å²) >= 11 is 3.25. The average Bonchev–Trinajstić information content (AvgIpc) is 3.05. The summed E-state index contributed by atoms with van der Waals surface area (Å²) in [6, 6.07) is 13.2. The first-order chi connectivity index (χ1) is 11.2. The van der Waals surface area contributed by atoms with E-state index < -0.39 is 0 Å². The van der Waals surface area contributed by atoms with Crippen molar-refractivity contribution in [3.05, 3.63) is 71.2 Å². The summed E-state index contributed by atoms with van der Waals surface area (Å²) in [7, 11) is 0. The van der Waals surface area contributed by atoms with Crippen LogP contribution in [0.4, 0.5) is 0 Å². The van der Waals surface area contributed by atoms with Gasteiger partial charge in [0.25, 0.3) is 0 Å². The molecule has 2 aromatic heterocycles. The van der Waals surface area contributed by atoms with Crippen LogP contribution in [-0.4, -0.2) is 20.7 Å². The fourth-order valence-corrected chi connectivity index (χ4v) is 2.41. The van der Waals surface area contributed by atoms with Crippen LogP contribution in [0.2, 0.25) is 0 Å². The summed E-state index contributed by atoms with van der Waals surface area (Å²) < 4.78 is 7.59. The van der Waals surface area contributed by atoms with Crippen molar-refractivity contribution >= 4 is 21.9 Å². The van der Waals surface area contributed by atoms with E-state index in [0.717, 1.165) is 11.3 Å². The molecule has 0 saturated carbocycles. The molecule has 0 aliphatic heterocycles. The molecular formula is C17H14BrN3O2. The minimum absolute atomic E-state index is 0.280. The summed E-state index contributed by atoms with van der Waals surface area (Å²) in [5, 5.41) is 4.31. The van der Waals surface area contributed by atoms with Gasteiger partial charge >= 0.3 is 5.97 Å². The lowest BCUT2D eigenvalue weighted by Gasteiger charge is -2.04. The summed E-state index contributed by atoms with van der Waals surface area (Å²) in [5.74, 6) is 0.128. The first kappa shape index (κ1) is 15.4. The van der Waals surface area contributed by atoms with Crippen molar-refractivity contribution in [2.45, 2.75) is 12.8 Å². The highest BCUT2D eigenvalue weighted by atomic mass is 79.9. The minimum atomic E-state index is -0.300. The van der Waals surface area contributed by atoms with Crippen molar-refractivity contribution in [3.63, 3.8) is 0 Å². The highest BCUT2D eigenvalue weighted by Crippen LogP contribution is 2.21. The van der Waals surface area contributed by atoms with Crippen molar-refractivity contribution < 1.29 is 9.53 Å². The number of hydrogen-bond acceptors (Lipinski definition) is 4. The Morgan fingerprint density at radius 3 is 2.78 bits per heavy atom. The molecule has 0 aliphatic rings. The Kier molecular flexibility index (Phi) is 4.83. The number of carbonyl (C=O) groups is 1. The second-order valence-corrected chi connectivity index (χ2v) is 5.65. The van der Waals surface area contributed by atoms with Gasteiger partial charge in [-0.1, -0.05) is 18.2 Å². The second-order valence-electron chi connectivity index (χ2n) is 4.90. The SMILES string of the molecule is O=C(CCc1cnn(-c2ccccc2)c1)Oc1cccnc1Br. The Morgan fingerprint density at radius 1 is 1.17 bits per heavy atom. The maximum absolute atomic E-state index is 11.9. The molecule has 6 heteroatoms. The highest BCUT2D eigenvalue weighted by molar-refractivity contribution is 9.10. The molecule has 2 heterocycles. The van der Waals surface area contributed by atoms with Crippen molar-refractivity contribution in [1.82, 2.24) is 14.8 Å². The van der Waals surface area contributed by atoms with Crippen molar-refractivity contribution in [2.75, 3.05) is 0 Å². The van der Waals surface area contributed by atoms with E-state index >= 15 is 0 Å². The molecule has 0 radical (unpaired) electrons. The van der Waals surface area contributed by atoms with Gasteiger partial charge in [0.15, 0.2) is 5.75 Å². The molecule has 0 saturated heterocycles. The zero-order valence-electron chi connectivity index (χ0n) is 12.2. The van der Waals surface area contributed by atoms with Gasteiger partial charge in [0.05, 0.1) is 18.3 Å². The number of para-hydroxylation sites is 1. The van der Waals surface area contributed by atoms with E-state index in [1.54, 1.807) is 29.2 Å². The molecule has 1 aromatic carbocycles. The minimum Gasteiger partial charge on any atom is -0.424 e. The molecule has 0 N–H and O–H groups in total. The van der Waals surface area contributed by atoms with Crippen LogP contribution in [0.1, 0.15) is 12.0 Å². The van der Waals surface area contributed by atoms with Crippen LogP contribution in [0.25, 0.3) is 5.69 Å². The number of halogens is 1. The summed E-state index contributed by atoms with van der Waals surface area (Å²) in [4.78, 5) is 15.9. The number of carbonyl (C=O) groups excluding carboxylic acids is 1. The molecule has 0 aliphatic carbocycles. The largest absolute Gasteiger partial charge is 0.424 e. The molecule has 0 unspecified atom stereocenters. The third-order valence-corrected chi connectivity index (χ3v) is 3.82. The van der Waals surface area contributed by atoms with Gasteiger partial charge in [0.1, 0.15) is 4.60 Å². The zero-order valence-corrected chi connectivity index (χ0v) is 13.8. The van der Waals surface area contributed by atoms with Crippen LogP contribution < -0.4 is 4.74 Å². The van der Waals surface area contributed by atoms with Crippen LogP contribution in [0, 0.1) is 0 Å². The van der Waals surface area contributed by atoms with Gasteiger partial charge in [-0.05, 0) is 52.2 Å². The first-order valence-electron chi connectivity index (χ1n) is 7.12. The van der Waals surface area contributed by atoms with E-state index in [1.165, 1.54) is 0 Å². The number of aromatic nitrogens is 3. The van der Waals surface area contributed by atoms with E-state index in [0.29, 0.717) is 16.8 Å².